The molecule has 0 radical (unpaired) electrons. The summed E-state index contributed by atoms with van der Waals surface area (Å²) in [7, 11) is 1.94. The van der Waals surface area contributed by atoms with E-state index in [1.807, 2.05) is 48.3 Å². The summed E-state index contributed by atoms with van der Waals surface area (Å²) in [6.07, 6.45) is 6.75. The molecule has 1 aromatic carbocycles. The molecule has 0 amide bonds. The van der Waals surface area contributed by atoms with Crippen molar-refractivity contribution in [3.8, 4) is 11.3 Å². The van der Waals surface area contributed by atoms with Crippen molar-refractivity contribution >= 4 is 11.6 Å². The molecular formula is C15H13N5. The van der Waals surface area contributed by atoms with Crippen LogP contribution in [0.25, 0.3) is 11.3 Å². The maximum absolute atomic E-state index is 4.39. The smallest absolute Gasteiger partial charge is 0.229 e. The largest absolute Gasteiger partial charge is 0.314 e. The van der Waals surface area contributed by atoms with Crippen LogP contribution in [0, 0.1) is 0 Å². The van der Waals surface area contributed by atoms with Gasteiger partial charge in [0.25, 0.3) is 0 Å². The summed E-state index contributed by atoms with van der Waals surface area (Å²) >= 11 is 0. The second-order valence-corrected chi connectivity index (χ2v) is 4.26. The van der Waals surface area contributed by atoms with Crippen molar-refractivity contribution in [2.45, 2.75) is 0 Å². The fourth-order valence-corrected chi connectivity index (χ4v) is 1.86. The maximum Gasteiger partial charge on any atom is 0.229 e. The number of hydrogen-bond donors (Lipinski definition) is 0. The van der Waals surface area contributed by atoms with Gasteiger partial charge >= 0.3 is 0 Å². The first-order valence-electron chi connectivity index (χ1n) is 6.22. The van der Waals surface area contributed by atoms with Gasteiger partial charge in [-0.15, -0.1) is 0 Å². The molecule has 0 bridgehead atoms. The summed E-state index contributed by atoms with van der Waals surface area (Å²) in [5.41, 5.74) is 2.73. The first kappa shape index (κ1) is 12.2. The Hall–Kier alpha value is -2.82. The fraction of sp³-hybridized carbons (Fsp3) is 0.0667. The second-order valence-electron chi connectivity index (χ2n) is 4.26. The third-order valence-electron chi connectivity index (χ3n) is 2.96. The van der Waals surface area contributed by atoms with Gasteiger partial charge in [0, 0.05) is 36.9 Å². The highest BCUT2D eigenvalue weighted by Gasteiger charge is 2.07. The van der Waals surface area contributed by atoms with Gasteiger partial charge in [0.1, 0.15) is 6.33 Å². The Morgan fingerprint density at radius 3 is 2.30 bits per heavy atom. The fourth-order valence-electron chi connectivity index (χ4n) is 1.86. The Bertz CT molecular complexity index is 668. The lowest BCUT2D eigenvalue weighted by Gasteiger charge is -2.16. The van der Waals surface area contributed by atoms with E-state index in [0.29, 0.717) is 5.95 Å². The number of rotatable bonds is 3. The summed E-state index contributed by atoms with van der Waals surface area (Å²) in [5, 5.41) is 0. The van der Waals surface area contributed by atoms with Gasteiger partial charge < -0.3 is 4.90 Å². The van der Waals surface area contributed by atoms with E-state index >= 15 is 0 Å². The highest BCUT2D eigenvalue weighted by atomic mass is 15.2. The van der Waals surface area contributed by atoms with Gasteiger partial charge in [-0.25, -0.2) is 19.9 Å². The molecule has 5 heteroatoms. The molecule has 5 nitrogen and oxygen atoms in total. The van der Waals surface area contributed by atoms with Crippen LogP contribution >= 0.6 is 0 Å². The standard InChI is InChI=1S/C15H13N5/c1-20(13-5-3-2-4-6-13)15-17-9-12(10-18-15)14-7-8-16-11-19-14/h2-11H,1H3. The minimum absolute atomic E-state index is 0.647. The van der Waals surface area contributed by atoms with Crippen molar-refractivity contribution in [2.24, 2.45) is 0 Å². The number of para-hydroxylation sites is 1. The Morgan fingerprint density at radius 1 is 0.900 bits per heavy atom. The molecule has 2 aromatic heterocycles. The molecule has 2 heterocycles. The van der Waals surface area contributed by atoms with Crippen molar-refractivity contribution in [3.05, 3.63) is 61.3 Å². The first-order valence-corrected chi connectivity index (χ1v) is 6.22. The molecular weight excluding hydrogens is 250 g/mol. The third kappa shape index (κ3) is 2.47. The lowest BCUT2D eigenvalue weighted by atomic mass is 10.2. The van der Waals surface area contributed by atoms with E-state index < -0.39 is 0 Å². The van der Waals surface area contributed by atoms with E-state index in [1.165, 1.54) is 6.33 Å². The van der Waals surface area contributed by atoms with Crippen LogP contribution in [0.15, 0.2) is 61.3 Å². The summed E-state index contributed by atoms with van der Waals surface area (Å²) in [6, 6.07) is 11.8. The Labute approximate surface area is 117 Å². The van der Waals surface area contributed by atoms with E-state index in [2.05, 4.69) is 19.9 Å². The molecule has 3 rings (SSSR count). The summed E-state index contributed by atoms with van der Waals surface area (Å²) < 4.78 is 0. The first-order chi connectivity index (χ1) is 9.84. The van der Waals surface area contributed by atoms with Crippen LogP contribution in [0.4, 0.5) is 11.6 Å². The molecule has 0 saturated carbocycles. The minimum atomic E-state index is 0.647. The summed E-state index contributed by atoms with van der Waals surface area (Å²) in [6.45, 7) is 0. The number of anilines is 2. The average Bonchev–Trinajstić information content (AvgIpc) is 2.56. The normalized spacial score (nSPS) is 10.2. The number of nitrogens with zero attached hydrogens (tertiary/aromatic N) is 5. The van der Waals surface area contributed by atoms with Gasteiger partial charge in [-0.3, -0.25) is 0 Å². The highest BCUT2D eigenvalue weighted by Crippen LogP contribution is 2.20. The Kier molecular flexibility index (Phi) is 3.33. The van der Waals surface area contributed by atoms with Gasteiger partial charge in [0.2, 0.25) is 5.95 Å². The number of hydrogen-bond acceptors (Lipinski definition) is 5. The zero-order valence-electron chi connectivity index (χ0n) is 11.0. The number of benzene rings is 1. The van der Waals surface area contributed by atoms with E-state index in [4.69, 9.17) is 0 Å². The third-order valence-corrected chi connectivity index (χ3v) is 2.96. The van der Waals surface area contributed by atoms with Crippen molar-refractivity contribution in [3.63, 3.8) is 0 Å². The van der Waals surface area contributed by atoms with E-state index in [0.717, 1.165) is 16.9 Å². The molecule has 0 N–H and O–H groups in total. The molecule has 0 aliphatic heterocycles. The average molecular weight is 263 g/mol. The quantitative estimate of drug-likeness (QED) is 0.727. The van der Waals surface area contributed by atoms with Gasteiger partial charge in [-0.1, -0.05) is 18.2 Å². The molecule has 0 unspecified atom stereocenters. The van der Waals surface area contributed by atoms with Crippen molar-refractivity contribution in [2.75, 3.05) is 11.9 Å². The summed E-state index contributed by atoms with van der Waals surface area (Å²) in [5.74, 6) is 0.647. The van der Waals surface area contributed by atoms with E-state index in [1.54, 1.807) is 18.6 Å². The van der Waals surface area contributed by atoms with Gasteiger partial charge in [0.15, 0.2) is 0 Å². The van der Waals surface area contributed by atoms with Crippen LogP contribution in [-0.2, 0) is 0 Å². The van der Waals surface area contributed by atoms with Gasteiger partial charge in [0.05, 0.1) is 5.69 Å². The molecule has 0 saturated heterocycles. The van der Waals surface area contributed by atoms with Gasteiger partial charge in [-0.2, -0.15) is 0 Å². The van der Waals surface area contributed by atoms with Crippen LogP contribution in [0.2, 0.25) is 0 Å². The van der Waals surface area contributed by atoms with Crippen LogP contribution in [0.5, 0.6) is 0 Å². The lowest BCUT2D eigenvalue weighted by molar-refractivity contribution is 1.04. The predicted octanol–water partition coefficient (Wildman–Crippen LogP) is 2.70. The highest BCUT2D eigenvalue weighted by molar-refractivity contribution is 5.59. The maximum atomic E-state index is 4.39. The van der Waals surface area contributed by atoms with Crippen molar-refractivity contribution in [1.29, 1.82) is 0 Å². The van der Waals surface area contributed by atoms with Crippen LogP contribution < -0.4 is 4.90 Å². The van der Waals surface area contributed by atoms with Crippen molar-refractivity contribution in [1.82, 2.24) is 19.9 Å². The SMILES string of the molecule is CN(c1ccccc1)c1ncc(-c2ccncn2)cn1. The zero-order valence-corrected chi connectivity index (χ0v) is 11.0. The molecule has 0 aliphatic rings. The van der Waals surface area contributed by atoms with Crippen LogP contribution in [0.3, 0.4) is 0 Å². The van der Waals surface area contributed by atoms with Gasteiger partial charge in [-0.05, 0) is 18.2 Å². The number of aromatic nitrogens is 4. The van der Waals surface area contributed by atoms with E-state index in [9.17, 15) is 0 Å². The van der Waals surface area contributed by atoms with Crippen LogP contribution in [0.1, 0.15) is 0 Å². The molecule has 20 heavy (non-hydrogen) atoms. The minimum Gasteiger partial charge on any atom is -0.314 e. The van der Waals surface area contributed by atoms with E-state index in [-0.39, 0.29) is 0 Å². The molecule has 0 spiro atoms. The topological polar surface area (TPSA) is 54.8 Å². The Morgan fingerprint density at radius 2 is 1.65 bits per heavy atom. The molecule has 0 aliphatic carbocycles. The monoisotopic (exact) mass is 263 g/mol. The lowest BCUT2D eigenvalue weighted by Crippen LogP contribution is -2.12. The molecule has 3 aromatic rings. The zero-order chi connectivity index (χ0) is 13.8. The Balaban J connectivity index is 1.87. The predicted molar refractivity (Wildman–Crippen MR) is 77.6 cm³/mol. The van der Waals surface area contributed by atoms with Crippen LogP contribution in [-0.4, -0.2) is 27.0 Å². The summed E-state index contributed by atoms with van der Waals surface area (Å²) in [4.78, 5) is 18.8. The van der Waals surface area contributed by atoms with Crippen molar-refractivity contribution < 1.29 is 0 Å². The molecule has 98 valence electrons. The second kappa shape index (κ2) is 5.44. The molecule has 0 fully saturated rings. The molecule has 0 atom stereocenters.